The number of fused-ring (bicyclic) bond motifs is 1. The number of aromatic nitrogens is 2. The minimum absolute atomic E-state index is 0.200. The highest BCUT2D eigenvalue weighted by Gasteiger charge is 2.13. The second-order valence-electron chi connectivity index (χ2n) is 4.95. The highest BCUT2D eigenvalue weighted by atomic mass is 127. The molecule has 0 spiro atoms. The zero-order valence-corrected chi connectivity index (χ0v) is 15.3. The molecule has 21 heavy (non-hydrogen) atoms. The molecule has 0 aliphatic heterocycles. The summed E-state index contributed by atoms with van der Waals surface area (Å²) in [5.41, 5.74) is 1.66. The molecule has 0 aliphatic carbocycles. The molecule has 0 unspecified atom stereocenters. The third-order valence-electron chi connectivity index (χ3n) is 3.74. The van der Waals surface area contributed by atoms with Crippen molar-refractivity contribution in [2.75, 3.05) is 19.6 Å². The number of nitrogens with zero attached hydrogens (tertiary/aromatic N) is 3. The van der Waals surface area contributed by atoms with Crippen molar-refractivity contribution in [2.24, 2.45) is 0 Å². The molecule has 2 aromatic rings. The Kier molecular flexibility index (Phi) is 6.25. The zero-order valence-electron chi connectivity index (χ0n) is 12.4. The van der Waals surface area contributed by atoms with Gasteiger partial charge in [0.25, 0.3) is 0 Å². The van der Waals surface area contributed by atoms with Crippen LogP contribution in [-0.4, -0.2) is 34.1 Å². The largest absolute Gasteiger partial charge is 0.327 e. The van der Waals surface area contributed by atoms with Gasteiger partial charge in [0.2, 0.25) is 0 Å². The summed E-state index contributed by atoms with van der Waals surface area (Å²) in [7, 11) is 0. The van der Waals surface area contributed by atoms with Crippen molar-refractivity contribution in [1.29, 1.82) is 0 Å². The van der Waals surface area contributed by atoms with Crippen LogP contribution in [0.15, 0.2) is 12.1 Å². The Morgan fingerprint density at radius 1 is 1.33 bits per heavy atom. The molecule has 2 rings (SSSR count). The van der Waals surface area contributed by atoms with Crippen molar-refractivity contribution in [1.82, 2.24) is 14.5 Å². The lowest BCUT2D eigenvalue weighted by Crippen LogP contribution is -2.25. The first kappa shape index (κ1) is 17.0. The minimum Gasteiger partial charge on any atom is -0.327 e. The van der Waals surface area contributed by atoms with E-state index in [2.05, 4.69) is 23.7 Å². The van der Waals surface area contributed by atoms with Crippen LogP contribution in [0.3, 0.4) is 0 Å². The van der Waals surface area contributed by atoms with Gasteiger partial charge in [0, 0.05) is 12.6 Å². The van der Waals surface area contributed by atoms with Crippen molar-refractivity contribution in [3.8, 4) is 0 Å². The van der Waals surface area contributed by atoms with Crippen LogP contribution < -0.4 is 0 Å². The maximum absolute atomic E-state index is 13.8. The fraction of sp³-hybridized carbons (Fsp3) is 0.533. The van der Waals surface area contributed by atoms with Crippen molar-refractivity contribution in [2.45, 2.75) is 32.7 Å². The number of halogens is 3. The number of alkyl halides is 1. The Morgan fingerprint density at radius 3 is 2.67 bits per heavy atom. The summed E-state index contributed by atoms with van der Waals surface area (Å²) in [5, 5.41) is 0. The summed E-state index contributed by atoms with van der Waals surface area (Å²) in [6.07, 6.45) is 1.00. The summed E-state index contributed by atoms with van der Waals surface area (Å²) in [4.78, 5) is 6.90. The summed E-state index contributed by atoms with van der Waals surface area (Å²) in [6, 6.07) is 3.35. The zero-order chi connectivity index (χ0) is 15.4. The Labute approximate surface area is 143 Å². The molecule has 0 atom stereocenters. The van der Waals surface area contributed by atoms with E-state index in [0.29, 0.717) is 9.45 Å². The van der Waals surface area contributed by atoms with Gasteiger partial charge >= 0.3 is 0 Å². The van der Waals surface area contributed by atoms with Crippen molar-refractivity contribution < 1.29 is 4.39 Å². The van der Waals surface area contributed by atoms with Gasteiger partial charge in [-0.05, 0) is 54.7 Å². The van der Waals surface area contributed by atoms with E-state index in [1.54, 1.807) is 12.1 Å². The SMILES string of the molecule is CCN(CC)CCCn1c(CCl)nc2cc(I)c(F)cc21. The van der Waals surface area contributed by atoms with Gasteiger partial charge in [-0.1, -0.05) is 13.8 Å². The Hall–Kier alpha value is -0.400. The van der Waals surface area contributed by atoms with Crippen LogP contribution in [0.1, 0.15) is 26.1 Å². The molecule has 0 saturated heterocycles. The molecule has 0 N–H and O–H groups in total. The number of hydrogen-bond donors (Lipinski definition) is 0. The van der Waals surface area contributed by atoms with Crippen LogP contribution in [0.4, 0.5) is 4.39 Å². The monoisotopic (exact) mass is 423 g/mol. The van der Waals surface area contributed by atoms with Crippen LogP contribution in [-0.2, 0) is 12.4 Å². The van der Waals surface area contributed by atoms with Crippen LogP contribution in [0.2, 0.25) is 0 Å². The molecule has 0 radical (unpaired) electrons. The average molecular weight is 424 g/mol. The first-order valence-electron chi connectivity index (χ1n) is 7.23. The lowest BCUT2D eigenvalue weighted by molar-refractivity contribution is 0.293. The maximum Gasteiger partial charge on any atom is 0.138 e. The van der Waals surface area contributed by atoms with E-state index in [4.69, 9.17) is 11.6 Å². The van der Waals surface area contributed by atoms with Crippen LogP contribution >= 0.6 is 34.2 Å². The first-order valence-corrected chi connectivity index (χ1v) is 8.84. The number of imidazole rings is 1. The van der Waals surface area contributed by atoms with Crippen molar-refractivity contribution in [3.05, 3.63) is 27.3 Å². The summed E-state index contributed by atoms with van der Waals surface area (Å²) in [5.74, 6) is 0.958. The van der Waals surface area contributed by atoms with E-state index in [-0.39, 0.29) is 5.82 Å². The van der Waals surface area contributed by atoms with Gasteiger partial charge in [-0.3, -0.25) is 0 Å². The second kappa shape index (κ2) is 7.74. The van der Waals surface area contributed by atoms with Gasteiger partial charge in [-0.15, -0.1) is 11.6 Å². The molecule has 0 saturated carbocycles. The number of rotatable bonds is 7. The first-order chi connectivity index (χ1) is 10.1. The van der Waals surface area contributed by atoms with Gasteiger partial charge < -0.3 is 9.47 Å². The predicted octanol–water partition coefficient (Wildman–Crippen LogP) is 4.25. The molecule has 1 aromatic carbocycles. The van der Waals surface area contributed by atoms with E-state index in [0.717, 1.165) is 49.5 Å². The van der Waals surface area contributed by atoms with Gasteiger partial charge in [0.15, 0.2) is 0 Å². The Morgan fingerprint density at radius 2 is 2.05 bits per heavy atom. The Balaban J connectivity index is 2.23. The highest BCUT2D eigenvalue weighted by molar-refractivity contribution is 14.1. The van der Waals surface area contributed by atoms with Gasteiger partial charge in [0.05, 0.1) is 20.5 Å². The van der Waals surface area contributed by atoms with Crippen LogP contribution in [0.25, 0.3) is 11.0 Å². The molecule has 116 valence electrons. The maximum atomic E-state index is 13.8. The number of hydrogen-bond acceptors (Lipinski definition) is 2. The fourth-order valence-corrected chi connectivity index (χ4v) is 3.17. The van der Waals surface area contributed by atoms with Crippen molar-refractivity contribution >= 4 is 45.2 Å². The minimum atomic E-state index is -0.200. The highest BCUT2D eigenvalue weighted by Crippen LogP contribution is 2.23. The van der Waals surface area contributed by atoms with Crippen LogP contribution in [0.5, 0.6) is 0 Å². The molecule has 1 heterocycles. The van der Waals surface area contributed by atoms with E-state index in [9.17, 15) is 4.39 Å². The molecule has 0 fully saturated rings. The number of benzene rings is 1. The molecule has 6 heteroatoms. The fourth-order valence-electron chi connectivity index (χ4n) is 2.51. The lowest BCUT2D eigenvalue weighted by atomic mass is 10.3. The van der Waals surface area contributed by atoms with E-state index < -0.39 is 0 Å². The van der Waals surface area contributed by atoms with E-state index >= 15 is 0 Å². The topological polar surface area (TPSA) is 21.1 Å². The summed E-state index contributed by atoms with van der Waals surface area (Å²) < 4.78 is 16.4. The van der Waals surface area contributed by atoms with Crippen molar-refractivity contribution in [3.63, 3.8) is 0 Å². The summed E-state index contributed by atoms with van der Waals surface area (Å²) >= 11 is 7.98. The molecule has 1 aromatic heterocycles. The molecule has 3 nitrogen and oxygen atoms in total. The third-order valence-corrected chi connectivity index (χ3v) is 4.81. The van der Waals surface area contributed by atoms with Gasteiger partial charge in [0.1, 0.15) is 11.6 Å². The van der Waals surface area contributed by atoms with E-state index in [1.807, 2.05) is 27.2 Å². The molecular formula is C15H20ClFIN3. The smallest absolute Gasteiger partial charge is 0.138 e. The average Bonchev–Trinajstić information content (AvgIpc) is 2.81. The second-order valence-corrected chi connectivity index (χ2v) is 6.38. The third kappa shape index (κ3) is 3.87. The van der Waals surface area contributed by atoms with E-state index in [1.165, 1.54) is 0 Å². The molecule has 0 amide bonds. The molecule has 0 bridgehead atoms. The predicted molar refractivity (Wildman–Crippen MR) is 94.4 cm³/mol. The van der Waals surface area contributed by atoms with Gasteiger partial charge in [-0.25, -0.2) is 9.37 Å². The molecular weight excluding hydrogens is 404 g/mol. The van der Waals surface area contributed by atoms with Gasteiger partial charge in [-0.2, -0.15) is 0 Å². The normalized spacial score (nSPS) is 11.7. The van der Waals surface area contributed by atoms with Crippen LogP contribution in [0, 0.1) is 9.39 Å². The number of aryl methyl sites for hydroxylation is 1. The molecule has 0 aliphatic rings. The Bertz CT molecular complexity index is 610. The quantitative estimate of drug-likeness (QED) is 0.490. The summed E-state index contributed by atoms with van der Waals surface area (Å²) in [6.45, 7) is 8.28. The lowest BCUT2D eigenvalue weighted by Gasteiger charge is -2.18. The standard InChI is InChI=1S/C15H20ClFIN3/c1-3-20(4-2)6-5-7-21-14-8-11(17)12(18)9-13(14)19-15(21)10-16/h8-9H,3-7,10H2,1-2H3.